The number of rotatable bonds is 8. The van der Waals surface area contributed by atoms with Crippen molar-refractivity contribution in [3.8, 4) is 11.5 Å². The van der Waals surface area contributed by atoms with Gasteiger partial charge in [-0.05, 0) is 40.1 Å². The topological polar surface area (TPSA) is 210 Å². The first kappa shape index (κ1) is 28.2. The zero-order valence-corrected chi connectivity index (χ0v) is 22.0. The van der Waals surface area contributed by atoms with E-state index in [4.69, 9.17) is 4.89 Å². The van der Waals surface area contributed by atoms with Crippen molar-refractivity contribution in [3.63, 3.8) is 0 Å². The second-order valence-corrected chi connectivity index (χ2v) is 10.8. The van der Waals surface area contributed by atoms with Crippen molar-refractivity contribution in [1.82, 2.24) is 0 Å². The molecule has 4 aromatic rings. The zero-order valence-electron chi connectivity index (χ0n) is 19.5. The fourth-order valence-corrected chi connectivity index (χ4v) is 5.20. The number of hydrogen-bond acceptors (Lipinski definition) is 12. The predicted octanol–water partition coefficient (Wildman–Crippen LogP) is 4.65. The molecule has 4 aromatic carbocycles. The smallest absolute Gasteiger partial charge is 0.297 e. The summed E-state index contributed by atoms with van der Waals surface area (Å²) < 4.78 is 71.5. The van der Waals surface area contributed by atoms with Crippen LogP contribution in [0.25, 0.3) is 21.5 Å². The van der Waals surface area contributed by atoms with Crippen LogP contribution < -0.4 is 10.2 Å². The number of amides is 1. The Hall–Kier alpha value is -3.84. The number of nitrogens with one attached hydrogen (secondary N) is 1. The van der Waals surface area contributed by atoms with Crippen LogP contribution in [0.15, 0.2) is 74.6 Å². The Labute approximate surface area is 225 Å². The lowest BCUT2D eigenvalue weighted by atomic mass is 10.1. The molecular weight excluding hydrogens is 578 g/mol. The Morgan fingerprint density at radius 3 is 2.31 bits per heavy atom. The molecule has 0 spiro atoms. The normalized spacial score (nSPS) is 12.3. The number of anilines is 1. The number of carbonyl (C=O) groups excluding carboxylic acids is 1. The Morgan fingerprint density at radius 1 is 0.949 bits per heavy atom. The van der Waals surface area contributed by atoms with Gasteiger partial charge in [0.1, 0.15) is 10.6 Å². The summed E-state index contributed by atoms with van der Waals surface area (Å²) in [5, 5.41) is 26.0. The average Bonchev–Trinajstić information content (AvgIpc) is 2.84. The molecule has 1 amide bonds. The molecule has 0 atom stereocenters. The van der Waals surface area contributed by atoms with Crippen molar-refractivity contribution in [1.29, 1.82) is 0 Å². The number of hydrogen-bond donors (Lipinski definition) is 5. The van der Waals surface area contributed by atoms with Crippen molar-refractivity contribution in [2.75, 3.05) is 5.32 Å². The van der Waals surface area contributed by atoms with Crippen LogP contribution in [0.3, 0.4) is 0 Å². The number of phenolic OH excluding ortho intramolecular Hbond substituents is 1. The second-order valence-electron chi connectivity index (χ2n) is 7.83. The van der Waals surface area contributed by atoms with Crippen molar-refractivity contribution >= 4 is 77.7 Å². The van der Waals surface area contributed by atoms with Gasteiger partial charge in [0.05, 0.1) is 10.6 Å². The molecule has 0 fully saturated rings. The number of carbonyl (C=O) groups is 1. The lowest BCUT2D eigenvalue weighted by Crippen LogP contribution is -2.08. The van der Waals surface area contributed by atoms with E-state index in [-0.39, 0.29) is 27.5 Å². The van der Waals surface area contributed by atoms with Crippen LogP contribution in [-0.2, 0) is 34.4 Å². The van der Waals surface area contributed by atoms with E-state index in [0.717, 1.165) is 25.1 Å². The summed E-state index contributed by atoms with van der Waals surface area (Å²) in [6, 6.07) is 12.0. The van der Waals surface area contributed by atoms with Gasteiger partial charge in [-0.2, -0.15) is 16.8 Å². The van der Waals surface area contributed by atoms with Gasteiger partial charge in [0.2, 0.25) is 11.7 Å². The number of phenols is 1. The number of aromatic hydroxyl groups is 1. The van der Waals surface area contributed by atoms with Crippen molar-refractivity contribution < 1.29 is 50.1 Å². The minimum absolute atomic E-state index is 0.0765. The first-order valence-electron chi connectivity index (χ1n) is 10.5. The first-order valence-corrected chi connectivity index (χ1v) is 13.7. The lowest BCUT2D eigenvalue weighted by Gasteiger charge is -2.14. The van der Waals surface area contributed by atoms with E-state index >= 15 is 0 Å². The minimum atomic E-state index is -4.80. The Morgan fingerprint density at radius 2 is 1.67 bits per heavy atom. The summed E-state index contributed by atoms with van der Waals surface area (Å²) in [7, 11) is -9.56. The van der Waals surface area contributed by atoms with Gasteiger partial charge in [0.15, 0.2) is 11.4 Å². The molecule has 0 saturated heterocycles. The van der Waals surface area contributed by atoms with Crippen LogP contribution in [0.1, 0.15) is 6.92 Å². The fourth-order valence-electron chi connectivity index (χ4n) is 3.79. The third kappa shape index (κ3) is 5.93. The summed E-state index contributed by atoms with van der Waals surface area (Å²) in [6.07, 6.45) is 0. The minimum Gasteiger partial charge on any atom is -0.505 e. The average molecular weight is 596 g/mol. The van der Waals surface area contributed by atoms with Crippen LogP contribution in [-0.4, -0.2) is 37.0 Å². The van der Waals surface area contributed by atoms with Crippen molar-refractivity contribution in [2.24, 2.45) is 10.2 Å². The van der Waals surface area contributed by atoms with Crippen molar-refractivity contribution in [2.45, 2.75) is 16.7 Å². The molecule has 0 unspecified atom stereocenters. The molecule has 0 bridgehead atoms. The Balaban J connectivity index is 2.01. The number of azo groups is 1. The molecule has 4 rings (SSSR count). The highest BCUT2D eigenvalue weighted by atomic mass is 32.2. The van der Waals surface area contributed by atoms with Gasteiger partial charge in [-0.25, -0.2) is 0 Å². The highest BCUT2D eigenvalue weighted by Gasteiger charge is 2.24. The largest absolute Gasteiger partial charge is 0.505 e. The molecule has 0 radical (unpaired) electrons. The molecule has 17 heteroatoms. The van der Waals surface area contributed by atoms with Gasteiger partial charge in [0, 0.05) is 30.6 Å². The number of thiol groups is 1. The van der Waals surface area contributed by atoms with Gasteiger partial charge in [-0.1, -0.05) is 30.3 Å². The van der Waals surface area contributed by atoms with E-state index in [0.29, 0.717) is 5.39 Å². The third-order valence-corrected chi connectivity index (χ3v) is 7.10. The van der Waals surface area contributed by atoms with E-state index in [2.05, 4.69) is 37.8 Å². The van der Waals surface area contributed by atoms with E-state index < -0.39 is 53.1 Å². The standard InChI is InChI=1S/C22H17N3O11S3/c1-11(26)23-17-10-14(38(28,29)30)8-13-9-18(34-35-36-37)20(21(27)19(13)17)25-24-16-7-6-12-4-2-3-5-15(12)22(16)39(31,32)33/h2-10,27,37H,1H3,(H,23,26)(H,28,29,30)(H,31,32,33). The fraction of sp³-hybridized carbons (Fsp3) is 0.0455. The summed E-state index contributed by atoms with van der Waals surface area (Å²) >= 11 is 3.36. The number of benzene rings is 4. The summed E-state index contributed by atoms with van der Waals surface area (Å²) in [5.41, 5.74) is -1.03. The molecule has 0 aromatic heterocycles. The van der Waals surface area contributed by atoms with Gasteiger partial charge >= 0.3 is 0 Å². The maximum atomic E-state index is 12.2. The van der Waals surface area contributed by atoms with Crippen LogP contribution in [0.2, 0.25) is 0 Å². The molecule has 0 saturated carbocycles. The molecule has 14 nitrogen and oxygen atoms in total. The Bertz CT molecular complexity index is 1880. The number of nitrogens with zero attached hydrogens (tertiary/aromatic N) is 2. The lowest BCUT2D eigenvalue weighted by molar-refractivity contribution is -0.402. The van der Waals surface area contributed by atoms with Gasteiger partial charge < -0.3 is 15.3 Å². The monoisotopic (exact) mass is 595 g/mol. The molecular formula is C22H17N3O11S3. The quantitative estimate of drug-likeness (QED) is 0.0472. The van der Waals surface area contributed by atoms with Crippen LogP contribution in [0.5, 0.6) is 11.5 Å². The van der Waals surface area contributed by atoms with E-state index in [9.17, 15) is 35.8 Å². The Kier molecular flexibility index (Phi) is 7.75. The molecule has 0 aliphatic heterocycles. The van der Waals surface area contributed by atoms with Gasteiger partial charge in [0.25, 0.3) is 20.2 Å². The predicted molar refractivity (Wildman–Crippen MR) is 139 cm³/mol. The maximum Gasteiger partial charge on any atom is 0.297 e. The van der Waals surface area contributed by atoms with Crippen LogP contribution in [0.4, 0.5) is 17.1 Å². The summed E-state index contributed by atoms with van der Waals surface area (Å²) in [4.78, 5) is 15.5. The third-order valence-electron chi connectivity index (χ3n) is 5.26. The molecule has 4 N–H and O–H groups in total. The molecule has 204 valence electrons. The van der Waals surface area contributed by atoms with Gasteiger partial charge in [-0.3, -0.25) is 13.9 Å². The maximum absolute atomic E-state index is 12.2. The highest BCUT2D eigenvalue weighted by molar-refractivity contribution is 7.86. The van der Waals surface area contributed by atoms with E-state index in [1.54, 1.807) is 18.2 Å². The van der Waals surface area contributed by atoms with Crippen LogP contribution in [0, 0.1) is 0 Å². The summed E-state index contributed by atoms with van der Waals surface area (Å²) in [5.74, 6) is -1.81. The van der Waals surface area contributed by atoms with Crippen LogP contribution >= 0.6 is 12.9 Å². The SMILES string of the molecule is CC(=O)Nc1cc(S(=O)(=O)O)cc2cc(OOOS)c(N=Nc3ccc4ccccc4c3S(=O)(=O)O)c(O)c12. The molecule has 0 aliphatic rings. The zero-order chi connectivity index (χ0) is 28.5. The van der Waals surface area contributed by atoms with E-state index in [1.807, 2.05) is 0 Å². The van der Waals surface area contributed by atoms with Gasteiger partial charge in [-0.15, -0.1) is 14.6 Å². The molecule has 0 heterocycles. The first-order chi connectivity index (χ1) is 18.3. The molecule has 0 aliphatic carbocycles. The number of fused-ring (bicyclic) bond motifs is 2. The van der Waals surface area contributed by atoms with Crippen molar-refractivity contribution in [3.05, 3.63) is 54.6 Å². The highest BCUT2D eigenvalue weighted by Crippen LogP contribution is 2.47. The summed E-state index contributed by atoms with van der Waals surface area (Å²) in [6.45, 7) is 1.12. The molecule has 39 heavy (non-hydrogen) atoms. The van der Waals surface area contributed by atoms with E-state index in [1.165, 1.54) is 18.2 Å². The second kappa shape index (κ2) is 10.7.